The average Bonchev–Trinajstić information content (AvgIpc) is 2.67. The van der Waals surface area contributed by atoms with E-state index in [2.05, 4.69) is 58.9 Å². The van der Waals surface area contributed by atoms with Crippen LogP contribution in [0.2, 0.25) is 0 Å². The highest BCUT2D eigenvalue weighted by Gasteiger charge is 2.06. The molecule has 0 amide bonds. The van der Waals surface area contributed by atoms with E-state index in [1.54, 1.807) is 21.3 Å². The number of rotatable bonds is 8. The van der Waals surface area contributed by atoms with Gasteiger partial charge in [-0.05, 0) is 37.4 Å². The number of halogens is 1. The molecule has 28 heavy (non-hydrogen) atoms. The fourth-order valence-electron chi connectivity index (χ4n) is 2.79. The normalized spacial score (nSPS) is 11.0. The predicted molar refractivity (Wildman–Crippen MR) is 126 cm³/mol. The van der Waals surface area contributed by atoms with Crippen LogP contribution in [0.3, 0.4) is 0 Å². The lowest BCUT2D eigenvalue weighted by Gasteiger charge is -2.15. The maximum atomic E-state index is 5.44. The second-order valence-corrected chi connectivity index (χ2v) is 6.51. The Labute approximate surface area is 185 Å². The minimum Gasteiger partial charge on any atom is -0.497 e. The summed E-state index contributed by atoms with van der Waals surface area (Å²) in [6, 6.07) is 14.4. The standard InChI is InChI=1S/C21H30N4O2.HI/c1-22-21(23-13-16-7-6-8-17(11-16)15-25(2)3)24-14-18-9-10-19(26-4)12-20(18)27-5;/h6-12H,13-15H2,1-5H3,(H2,22,23,24);1H. The van der Waals surface area contributed by atoms with Crippen molar-refractivity contribution in [2.75, 3.05) is 35.4 Å². The number of aliphatic imine (C=N–C) groups is 1. The summed E-state index contributed by atoms with van der Waals surface area (Å²) < 4.78 is 10.7. The van der Waals surface area contributed by atoms with Crippen molar-refractivity contribution in [2.45, 2.75) is 19.6 Å². The van der Waals surface area contributed by atoms with Gasteiger partial charge in [-0.3, -0.25) is 4.99 Å². The van der Waals surface area contributed by atoms with Gasteiger partial charge >= 0.3 is 0 Å². The number of nitrogens with zero attached hydrogens (tertiary/aromatic N) is 2. The molecule has 0 spiro atoms. The zero-order valence-corrected chi connectivity index (χ0v) is 19.6. The first-order chi connectivity index (χ1) is 13.0. The fourth-order valence-corrected chi connectivity index (χ4v) is 2.79. The molecule has 0 aliphatic carbocycles. The van der Waals surface area contributed by atoms with Crippen LogP contribution in [-0.2, 0) is 19.6 Å². The van der Waals surface area contributed by atoms with Crippen molar-refractivity contribution >= 4 is 29.9 Å². The molecule has 0 saturated heterocycles. The third-order valence-electron chi connectivity index (χ3n) is 4.11. The molecule has 0 saturated carbocycles. The van der Waals surface area contributed by atoms with Gasteiger partial charge in [-0.15, -0.1) is 24.0 Å². The van der Waals surface area contributed by atoms with Gasteiger partial charge in [0, 0.05) is 38.3 Å². The van der Waals surface area contributed by atoms with E-state index in [-0.39, 0.29) is 24.0 Å². The second kappa shape index (κ2) is 12.5. The third kappa shape index (κ3) is 7.55. The van der Waals surface area contributed by atoms with Crippen LogP contribution in [0.15, 0.2) is 47.5 Å². The quantitative estimate of drug-likeness (QED) is 0.333. The van der Waals surface area contributed by atoms with Crippen molar-refractivity contribution in [1.82, 2.24) is 15.5 Å². The Morgan fingerprint density at radius 3 is 2.32 bits per heavy atom. The summed E-state index contributed by atoms with van der Waals surface area (Å²) in [5.41, 5.74) is 3.55. The SMILES string of the molecule is CN=C(NCc1cccc(CN(C)C)c1)NCc1ccc(OC)cc1OC.I. The van der Waals surface area contributed by atoms with Crippen LogP contribution in [0.5, 0.6) is 11.5 Å². The highest BCUT2D eigenvalue weighted by Crippen LogP contribution is 2.24. The number of hydrogen-bond donors (Lipinski definition) is 2. The lowest BCUT2D eigenvalue weighted by molar-refractivity contribution is 0.390. The van der Waals surface area contributed by atoms with E-state index in [0.717, 1.165) is 29.6 Å². The van der Waals surface area contributed by atoms with E-state index < -0.39 is 0 Å². The van der Waals surface area contributed by atoms with Gasteiger partial charge < -0.3 is 25.0 Å². The van der Waals surface area contributed by atoms with Crippen LogP contribution in [0.1, 0.15) is 16.7 Å². The minimum absolute atomic E-state index is 0. The largest absolute Gasteiger partial charge is 0.497 e. The molecule has 0 fully saturated rings. The third-order valence-corrected chi connectivity index (χ3v) is 4.11. The number of methoxy groups -OCH3 is 2. The zero-order chi connectivity index (χ0) is 19.6. The Morgan fingerprint density at radius 1 is 0.964 bits per heavy atom. The summed E-state index contributed by atoms with van der Waals surface area (Å²) in [7, 11) is 9.22. The molecule has 2 aromatic carbocycles. The van der Waals surface area contributed by atoms with Crippen molar-refractivity contribution in [3.05, 3.63) is 59.2 Å². The van der Waals surface area contributed by atoms with E-state index >= 15 is 0 Å². The molecule has 6 nitrogen and oxygen atoms in total. The van der Waals surface area contributed by atoms with Crippen LogP contribution in [0.25, 0.3) is 0 Å². The summed E-state index contributed by atoms with van der Waals surface area (Å²) in [5, 5.41) is 6.68. The monoisotopic (exact) mass is 498 g/mol. The van der Waals surface area contributed by atoms with E-state index in [4.69, 9.17) is 9.47 Å². The van der Waals surface area contributed by atoms with Gasteiger partial charge in [0.1, 0.15) is 11.5 Å². The summed E-state index contributed by atoms with van der Waals surface area (Å²) in [4.78, 5) is 6.46. The predicted octanol–water partition coefficient (Wildman–Crippen LogP) is 3.25. The molecule has 2 N–H and O–H groups in total. The molecule has 0 heterocycles. The number of nitrogens with one attached hydrogen (secondary N) is 2. The van der Waals surface area contributed by atoms with Crippen LogP contribution >= 0.6 is 24.0 Å². The lowest BCUT2D eigenvalue weighted by atomic mass is 10.1. The summed E-state index contributed by atoms with van der Waals surface area (Å²) in [5.74, 6) is 2.30. The van der Waals surface area contributed by atoms with Gasteiger partial charge in [0.25, 0.3) is 0 Å². The van der Waals surface area contributed by atoms with Crippen LogP contribution in [0.4, 0.5) is 0 Å². The molecule has 0 aromatic heterocycles. The first kappa shape index (κ1) is 24.0. The molecule has 0 atom stereocenters. The number of benzene rings is 2. The van der Waals surface area contributed by atoms with Gasteiger partial charge in [0.05, 0.1) is 14.2 Å². The molecule has 0 aliphatic heterocycles. The number of guanidine groups is 1. The van der Waals surface area contributed by atoms with Crippen molar-refractivity contribution in [2.24, 2.45) is 4.99 Å². The molecule has 0 radical (unpaired) electrons. The molecule has 2 rings (SSSR count). The van der Waals surface area contributed by atoms with Crippen molar-refractivity contribution in [3.63, 3.8) is 0 Å². The first-order valence-corrected chi connectivity index (χ1v) is 8.93. The van der Waals surface area contributed by atoms with Crippen molar-refractivity contribution in [1.29, 1.82) is 0 Å². The lowest BCUT2D eigenvalue weighted by Crippen LogP contribution is -2.36. The topological polar surface area (TPSA) is 58.1 Å². The van der Waals surface area contributed by atoms with Gasteiger partial charge in [0.15, 0.2) is 5.96 Å². The van der Waals surface area contributed by atoms with E-state index in [0.29, 0.717) is 13.1 Å². The van der Waals surface area contributed by atoms with Gasteiger partial charge in [-0.2, -0.15) is 0 Å². The maximum Gasteiger partial charge on any atom is 0.191 e. The van der Waals surface area contributed by atoms with Gasteiger partial charge in [0.2, 0.25) is 0 Å². The molecule has 0 bridgehead atoms. The fraction of sp³-hybridized carbons (Fsp3) is 0.381. The Hall–Kier alpha value is -2.00. The van der Waals surface area contributed by atoms with Gasteiger partial charge in [-0.1, -0.05) is 24.3 Å². The summed E-state index contributed by atoms with van der Waals surface area (Å²) in [6.07, 6.45) is 0. The Balaban J connectivity index is 0.00000392. The van der Waals surface area contributed by atoms with Crippen molar-refractivity contribution < 1.29 is 9.47 Å². The maximum absolute atomic E-state index is 5.44. The Bertz CT molecular complexity index is 766. The number of hydrogen-bond acceptors (Lipinski definition) is 4. The Morgan fingerprint density at radius 2 is 1.68 bits per heavy atom. The van der Waals surface area contributed by atoms with Crippen molar-refractivity contribution in [3.8, 4) is 11.5 Å². The highest BCUT2D eigenvalue weighted by molar-refractivity contribution is 14.0. The smallest absolute Gasteiger partial charge is 0.191 e. The molecular formula is C21H31IN4O2. The molecule has 154 valence electrons. The molecule has 0 aliphatic rings. The molecule has 0 unspecified atom stereocenters. The van der Waals surface area contributed by atoms with Crippen LogP contribution < -0.4 is 20.1 Å². The van der Waals surface area contributed by atoms with Crippen LogP contribution in [0, 0.1) is 0 Å². The van der Waals surface area contributed by atoms with Crippen LogP contribution in [-0.4, -0.2) is 46.2 Å². The van der Waals surface area contributed by atoms with E-state index in [9.17, 15) is 0 Å². The summed E-state index contributed by atoms with van der Waals surface area (Å²) >= 11 is 0. The average molecular weight is 498 g/mol. The van der Waals surface area contributed by atoms with Gasteiger partial charge in [-0.25, -0.2) is 0 Å². The Kier molecular flexibility index (Phi) is 10.7. The molecular weight excluding hydrogens is 467 g/mol. The summed E-state index contributed by atoms with van der Waals surface area (Å²) in [6.45, 7) is 2.24. The number of ether oxygens (including phenoxy) is 2. The second-order valence-electron chi connectivity index (χ2n) is 6.51. The zero-order valence-electron chi connectivity index (χ0n) is 17.3. The van der Waals surface area contributed by atoms with E-state index in [1.807, 2.05) is 18.2 Å². The first-order valence-electron chi connectivity index (χ1n) is 8.93. The van der Waals surface area contributed by atoms with E-state index in [1.165, 1.54) is 11.1 Å². The minimum atomic E-state index is 0. The molecule has 2 aromatic rings. The molecule has 7 heteroatoms. The highest BCUT2D eigenvalue weighted by atomic mass is 127.